The van der Waals surface area contributed by atoms with Gasteiger partial charge in [-0.1, -0.05) is 73.7 Å². The first kappa shape index (κ1) is 28.0. The quantitative estimate of drug-likeness (QED) is 0.291. The van der Waals surface area contributed by atoms with Crippen molar-refractivity contribution >= 4 is 11.8 Å². The number of carbonyl (C=O) groups is 2. The van der Waals surface area contributed by atoms with E-state index in [1.54, 1.807) is 4.90 Å². The van der Waals surface area contributed by atoms with E-state index in [2.05, 4.69) is 0 Å². The fraction of sp³-hybridized carbons (Fsp3) is 0.333. The molecule has 0 saturated heterocycles. The Morgan fingerprint density at radius 1 is 0.838 bits per heavy atom. The summed E-state index contributed by atoms with van der Waals surface area (Å²) < 4.78 is 39.6. The van der Waals surface area contributed by atoms with E-state index >= 15 is 0 Å². The molecule has 0 saturated carbocycles. The number of hydrogen-bond donors (Lipinski definition) is 0. The minimum atomic E-state index is -4.54. The summed E-state index contributed by atoms with van der Waals surface area (Å²) in [5.74, 6) is -0.614. The number of halogens is 3. The largest absolute Gasteiger partial charge is 0.416 e. The number of benzene rings is 3. The van der Waals surface area contributed by atoms with Crippen LogP contribution < -0.4 is 0 Å². The highest BCUT2D eigenvalue weighted by Crippen LogP contribution is 2.30. The molecule has 1 unspecified atom stereocenters. The van der Waals surface area contributed by atoms with Gasteiger partial charge in [0.25, 0.3) is 5.91 Å². The molecule has 0 aliphatic carbocycles. The number of hydrogen-bond acceptors (Lipinski definition) is 2. The average molecular weight is 511 g/mol. The highest BCUT2D eigenvalue weighted by molar-refractivity contribution is 5.95. The Hall–Kier alpha value is -3.61. The van der Waals surface area contributed by atoms with Crippen LogP contribution in [-0.4, -0.2) is 40.7 Å². The van der Waals surface area contributed by atoms with Gasteiger partial charge in [0, 0.05) is 37.7 Å². The summed E-state index contributed by atoms with van der Waals surface area (Å²) in [6.45, 7) is 4.83. The molecule has 3 rings (SSSR count). The van der Waals surface area contributed by atoms with Gasteiger partial charge in [-0.15, -0.1) is 0 Å². The summed E-state index contributed by atoms with van der Waals surface area (Å²) in [5, 5.41) is 0. The second-order valence-corrected chi connectivity index (χ2v) is 9.12. The Balaban J connectivity index is 1.74. The van der Waals surface area contributed by atoms with Crippen LogP contribution in [0.4, 0.5) is 13.2 Å². The maximum Gasteiger partial charge on any atom is 0.416 e. The minimum Gasteiger partial charge on any atom is -0.338 e. The average Bonchev–Trinajstić information content (AvgIpc) is 2.91. The third-order valence-electron chi connectivity index (χ3n) is 6.47. The van der Waals surface area contributed by atoms with Crippen molar-refractivity contribution in [2.24, 2.45) is 0 Å². The maximum atomic E-state index is 13.4. The fourth-order valence-corrected chi connectivity index (χ4v) is 4.12. The standard InChI is InChI=1S/C30H33F3N2O2/c1-3-23(2)35(29(37)26-15-10-16-27(21-26)30(31,32)33)20-18-28(36)34(22-25-13-8-5-9-14-25)19-17-24-11-6-4-7-12-24/h4-16,21,23H,3,17-20,22H2,1-2H3. The molecule has 0 aliphatic rings. The van der Waals surface area contributed by atoms with Crippen LogP contribution in [0.1, 0.15) is 53.7 Å². The van der Waals surface area contributed by atoms with Gasteiger partial charge in [-0.2, -0.15) is 13.2 Å². The van der Waals surface area contributed by atoms with E-state index in [1.807, 2.05) is 74.5 Å². The summed E-state index contributed by atoms with van der Waals surface area (Å²) in [4.78, 5) is 29.9. The van der Waals surface area contributed by atoms with Crippen LogP contribution in [0, 0.1) is 0 Å². The second-order valence-electron chi connectivity index (χ2n) is 9.12. The molecule has 4 nitrogen and oxygen atoms in total. The molecule has 0 aromatic heterocycles. The number of amides is 2. The van der Waals surface area contributed by atoms with Crippen molar-refractivity contribution in [3.05, 3.63) is 107 Å². The van der Waals surface area contributed by atoms with Crippen LogP contribution >= 0.6 is 0 Å². The van der Waals surface area contributed by atoms with Crippen molar-refractivity contribution in [2.45, 2.75) is 51.9 Å². The van der Waals surface area contributed by atoms with Crippen LogP contribution in [0.3, 0.4) is 0 Å². The molecule has 0 aliphatic heterocycles. The molecule has 37 heavy (non-hydrogen) atoms. The van der Waals surface area contributed by atoms with Gasteiger partial charge in [0.15, 0.2) is 0 Å². The first-order valence-electron chi connectivity index (χ1n) is 12.5. The van der Waals surface area contributed by atoms with Gasteiger partial charge in [0.05, 0.1) is 5.56 Å². The SMILES string of the molecule is CCC(C)N(CCC(=O)N(CCc1ccccc1)Cc1ccccc1)C(=O)c1cccc(C(F)(F)F)c1. The van der Waals surface area contributed by atoms with Gasteiger partial charge in [-0.25, -0.2) is 0 Å². The predicted octanol–water partition coefficient (Wildman–Crippen LogP) is 6.61. The van der Waals surface area contributed by atoms with Gasteiger partial charge >= 0.3 is 6.18 Å². The zero-order chi connectivity index (χ0) is 26.8. The zero-order valence-corrected chi connectivity index (χ0v) is 21.2. The second kappa shape index (κ2) is 13.1. The summed E-state index contributed by atoms with van der Waals surface area (Å²) >= 11 is 0. The highest BCUT2D eigenvalue weighted by Gasteiger charge is 2.32. The van der Waals surface area contributed by atoms with E-state index in [0.29, 0.717) is 25.9 Å². The van der Waals surface area contributed by atoms with Gasteiger partial charge in [0.2, 0.25) is 5.91 Å². The molecule has 0 fully saturated rings. The van der Waals surface area contributed by atoms with E-state index in [0.717, 1.165) is 23.3 Å². The smallest absolute Gasteiger partial charge is 0.338 e. The van der Waals surface area contributed by atoms with Gasteiger partial charge in [-0.05, 0) is 49.1 Å². The summed E-state index contributed by atoms with van der Waals surface area (Å²) in [6.07, 6.45) is -3.15. The van der Waals surface area contributed by atoms with Crippen LogP contribution in [0.25, 0.3) is 0 Å². The van der Waals surface area contributed by atoms with E-state index in [4.69, 9.17) is 0 Å². The van der Waals surface area contributed by atoms with Gasteiger partial charge in [0.1, 0.15) is 0 Å². The Morgan fingerprint density at radius 2 is 1.46 bits per heavy atom. The fourth-order valence-electron chi connectivity index (χ4n) is 4.12. The van der Waals surface area contributed by atoms with Crippen molar-refractivity contribution in [3.8, 4) is 0 Å². The van der Waals surface area contributed by atoms with E-state index in [-0.39, 0.29) is 30.5 Å². The number of carbonyl (C=O) groups excluding carboxylic acids is 2. The molecule has 0 radical (unpaired) electrons. The Bertz CT molecular complexity index is 1150. The van der Waals surface area contributed by atoms with E-state index < -0.39 is 17.6 Å². The molecule has 2 amide bonds. The first-order chi connectivity index (χ1) is 17.7. The van der Waals surface area contributed by atoms with Crippen molar-refractivity contribution in [3.63, 3.8) is 0 Å². The molecule has 0 heterocycles. The number of rotatable bonds is 11. The molecule has 1 atom stereocenters. The molecule has 0 bridgehead atoms. The lowest BCUT2D eigenvalue weighted by atomic mass is 10.1. The van der Waals surface area contributed by atoms with E-state index in [9.17, 15) is 22.8 Å². The van der Waals surface area contributed by atoms with Crippen LogP contribution in [0.5, 0.6) is 0 Å². The van der Waals surface area contributed by atoms with Gasteiger partial charge in [-0.3, -0.25) is 9.59 Å². The molecule has 3 aromatic carbocycles. The molecule has 0 spiro atoms. The molecule has 0 N–H and O–H groups in total. The predicted molar refractivity (Wildman–Crippen MR) is 139 cm³/mol. The van der Waals surface area contributed by atoms with Crippen LogP contribution in [-0.2, 0) is 23.9 Å². The first-order valence-corrected chi connectivity index (χ1v) is 12.5. The Morgan fingerprint density at radius 3 is 2.05 bits per heavy atom. The summed E-state index contributed by atoms with van der Waals surface area (Å²) in [5.41, 5.74) is 1.22. The third kappa shape index (κ3) is 8.20. The number of nitrogens with zero attached hydrogens (tertiary/aromatic N) is 2. The van der Waals surface area contributed by atoms with Crippen LogP contribution in [0.2, 0.25) is 0 Å². The van der Waals surface area contributed by atoms with Crippen molar-refractivity contribution in [1.29, 1.82) is 0 Å². The molecule has 196 valence electrons. The molecular weight excluding hydrogens is 477 g/mol. The lowest BCUT2D eigenvalue weighted by Gasteiger charge is -2.30. The third-order valence-corrected chi connectivity index (χ3v) is 6.47. The van der Waals surface area contributed by atoms with E-state index in [1.165, 1.54) is 17.0 Å². The molecular formula is C30H33F3N2O2. The summed E-state index contributed by atoms with van der Waals surface area (Å²) in [7, 11) is 0. The van der Waals surface area contributed by atoms with Crippen molar-refractivity contribution < 1.29 is 22.8 Å². The van der Waals surface area contributed by atoms with Crippen molar-refractivity contribution in [1.82, 2.24) is 9.80 Å². The monoisotopic (exact) mass is 510 g/mol. The topological polar surface area (TPSA) is 40.6 Å². The minimum absolute atomic E-state index is 0.0345. The van der Waals surface area contributed by atoms with Crippen molar-refractivity contribution in [2.75, 3.05) is 13.1 Å². The zero-order valence-electron chi connectivity index (χ0n) is 21.2. The van der Waals surface area contributed by atoms with Crippen LogP contribution in [0.15, 0.2) is 84.9 Å². The highest BCUT2D eigenvalue weighted by atomic mass is 19.4. The summed E-state index contributed by atoms with van der Waals surface area (Å²) in [6, 6.07) is 23.8. The number of alkyl halides is 3. The Labute approximate surface area is 216 Å². The molecule has 7 heteroatoms. The lowest BCUT2D eigenvalue weighted by molar-refractivity contribution is -0.137. The molecule has 3 aromatic rings. The Kier molecular flexibility index (Phi) is 9.89. The maximum absolute atomic E-state index is 13.4. The normalized spacial score (nSPS) is 12.1. The van der Waals surface area contributed by atoms with Gasteiger partial charge < -0.3 is 9.80 Å². The lowest BCUT2D eigenvalue weighted by Crippen LogP contribution is -2.42.